The van der Waals surface area contributed by atoms with E-state index in [-0.39, 0.29) is 12.1 Å². The Balaban J connectivity index is 2.14. The summed E-state index contributed by atoms with van der Waals surface area (Å²) in [6.45, 7) is 2.72. The number of ether oxygens (including phenoxy) is 2. The highest BCUT2D eigenvalue weighted by atomic mass is 16.5. The van der Waals surface area contributed by atoms with Gasteiger partial charge in [0.25, 0.3) is 5.82 Å². The van der Waals surface area contributed by atoms with Crippen molar-refractivity contribution in [3.05, 3.63) is 5.82 Å². The van der Waals surface area contributed by atoms with Crippen molar-refractivity contribution in [2.24, 2.45) is 0 Å². The first kappa shape index (κ1) is 11.0. The lowest BCUT2D eigenvalue weighted by atomic mass is 10.2. The smallest absolute Gasteiger partial charge is 0.378 e. The molecule has 0 aromatic carbocycles. The van der Waals surface area contributed by atoms with Crippen molar-refractivity contribution in [1.82, 2.24) is 20.2 Å². The van der Waals surface area contributed by atoms with Gasteiger partial charge in [-0.2, -0.15) is 4.68 Å². The molecular weight excluding hydrogens is 212 g/mol. The van der Waals surface area contributed by atoms with Gasteiger partial charge in [-0.1, -0.05) is 0 Å². The van der Waals surface area contributed by atoms with E-state index in [0.29, 0.717) is 13.2 Å². The predicted octanol–water partition coefficient (Wildman–Crippen LogP) is 0.549. The Kier molecular flexibility index (Phi) is 3.45. The number of hydrogen-bond donors (Lipinski definition) is 0. The Labute approximate surface area is 92.7 Å². The molecule has 0 N–H and O–H groups in total. The van der Waals surface area contributed by atoms with Crippen molar-refractivity contribution in [2.75, 3.05) is 13.2 Å². The lowest BCUT2D eigenvalue weighted by Crippen LogP contribution is -2.24. The van der Waals surface area contributed by atoms with Crippen molar-refractivity contribution >= 4 is 5.97 Å². The standard InChI is InChI=1S/C9H14N4O3/c1-2-15-9(14)8-10-11-12-13(8)7-5-3-4-6-16-7/h7H,2-6H2,1H3. The highest BCUT2D eigenvalue weighted by Gasteiger charge is 2.25. The molecule has 0 bridgehead atoms. The molecule has 0 saturated carbocycles. The number of rotatable bonds is 3. The number of tetrazole rings is 1. The Morgan fingerprint density at radius 3 is 3.19 bits per heavy atom. The molecule has 7 nitrogen and oxygen atoms in total. The molecule has 1 aromatic heterocycles. The van der Waals surface area contributed by atoms with Gasteiger partial charge in [0.05, 0.1) is 6.61 Å². The summed E-state index contributed by atoms with van der Waals surface area (Å²) in [6.07, 6.45) is 2.65. The van der Waals surface area contributed by atoms with E-state index in [4.69, 9.17) is 9.47 Å². The minimum Gasteiger partial charge on any atom is -0.460 e. The summed E-state index contributed by atoms with van der Waals surface area (Å²) in [6, 6.07) is 0. The molecule has 1 fully saturated rings. The second-order valence-corrected chi connectivity index (χ2v) is 3.49. The van der Waals surface area contributed by atoms with Crippen molar-refractivity contribution in [3.8, 4) is 0 Å². The van der Waals surface area contributed by atoms with Crippen LogP contribution in [-0.4, -0.2) is 39.4 Å². The average Bonchev–Trinajstić information content (AvgIpc) is 2.79. The molecular formula is C9H14N4O3. The third-order valence-electron chi connectivity index (χ3n) is 2.38. The van der Waals surface area contributed by atoms with E-state index in [2.05, 4.69) is 15.5 Å². The van der Waals surface area contributed by atoms with Crippen LogP contribution in [0.5, 0.6) is 0 Å². The molecule has 1 aromatic rings. The molecule has 2 heterocycles. The van der Waals surface area contributed by atoms with Gasteiger partial charge < -0.3 is 9.47 Å². The van der Waals surface area contributed by atoms with Gasteiger partial charge in [-0.3, -0.25) is 0 Å². The van der Waals surface area contributed by atoms with E-state index < -0.39 is 5.97 Å². The van der Waals surface area contributed by atoms with E-state index in [9.17, 15) is 4.79 Å². The number of nitrogens with zero attached hydrogens (tertiary/aromatic N) is 4. The van der Waals surface area contributed by atoms with Gasteiger partial charge in [0.1, 0.15) is 0 Å². The molecule has 1 aliphatic rings. The third-order valence-corrected chi connectivity index (χ3v) is 2.38. The predicted molar refractivity (Wildman–Crippen MR) is 52.6 cm³/mol. The lowest BCUT2D eigenvalue weighted by molar-refractivity contribution is -0.0428. The Morgan fingerprint density at radius 2 is 2.50 bits per heavy atom. The highest BCUT2D eigenvalue weighted by molar-refractivity contribution is 5.85. The van der Waals surface area contributed by atoms with Crippen LogP contribution in [0.1, 0.15) is 43.0 Å². The van der Waals surface area contributed by atoms with Gasteiger partial charge in [-0.05, 0) is 36.6 Å². The first-order chi connectivity index (χ1) is 7.83. The topological polar surface area (TPSA) is 79.1 Å². The SMILES string of the molecule is CCOC(=O)c1nnnn1C1CCCCO1. The summed E-state index contributed by atoms with van der Waals surface area (Å²) in [4.78, 5) is 11.5. The fraction of sp³-hybridized carbons (Fsp3) is 0.778. The van der Waals surface area contributed by atoms with E-state index in [1.54, 1.807) is 6.92 Å². The zero-order valence-corrected chi connectivity index (χ0v) is 9.13. The summed E-state index contributed by atoms with van der Waals surface area (Å²) < 4.78 is 11.8. The van der Waals surface area contributed by atoms with Crippen molar-refractivity contribution in [3.63, 3.8) is 0 Å². The molecule has 0 radical (unpaired) electrons. The molecule has 1 atom stereocenters. The normalized spacial score (nSPS) is 20.7. The number of aromatic nitrogens is 4. The van der Waals surface area contributed by atoms with Crippen molar-refractivity contribution in [1.29, 1.82) is 0 Å². The molecule has 1 aliphatic heterocycles. The van der Waals surface area contributed by atoms with Crippen LogP contribution in [0.4, 0.5) is 0 Å². The van der Waals surface area contributed by atoms with Crippen molar-refractivity contribution in [2.45, 2.75) is 32.4 Å². The first-order valence-electron chi connectivity index (χ1n) is 5.39. The Hall–Kier alpha value is -1.50. The minimum absolute atomic E-state index is 0.105. The zero-order chi connectivity index (χ0) is 11.4. The van der Waals surface area contributed by atoms with Gasteiger partial charge >= 0.3 is 5.97 Å². The molecule has 0 spiro atoms. The maximum absolute atomic E-state index is 11.5. The van der Waals surface area contributed by atoms with Crippen LogP contribution in [0.3, 0.4) is 0 Å². The maximum atomic E-state index is 11.5. The van der Waals surface area contributed by atoms with Gasteiger partial charge in [-0.15, -0.1) is 5.10 Å². The Bertz CT molecular complexity index is 359. The minimum atomic E-state index is -0.512. The van der Waals surface area contributed by atoms with Crippen LogP contribution >= 0.6 is 0 Å². The fourth-order valence-corrected chi connectivity index (χ4v) is 1.63. The molecule has 16 heavy (non-hydrogen) atoms. The molecule has 7 heteroatoms. The third kappa shape index (κ3) is 2.19. The molecule has 1 unspecified atom stereocenters. The number of carbonyl (C=O) groups is 1. The summed E-state index contributed by atoms with van der Waals surface area (Å²) in [5.74, 6) is -0.407. The average molecular weight is 226 g/mol. The van der Waals surface area contributed by atoms with Crippen molar-refractivity contribution < 1.29 is 14.3 Å². The summed E-state index contributed by atoms with van der Waals surface area (Å²) >= 11 is 0. The van der Waals surface area contributed by atoms with Gasteiger partial charge in [0.15, 0.2) is 6.23 Å². The first-order valence-corrected chi connectivity index (χ1v) is 5.39. The van der Waals surface area contributed by atoms with Crippen LogP contribution in [0.2, 0.25) is 0 Å². The molecule has 2 rings (SSSR count). The molecule has 1 saturated heterocycles. The van der Waals surface area contributed by atoms with E-state index in [1.165, 1.54) is 4.68 Å². The van der Waals surface area contributed by atoms with Crippen LogP contribution in [0, 0.1) is 0 Å². The van der Waals surface area contributed by atoms with Gasteiger partial charge in [0, 0.05) is 6.61 Å². The number of esters is 1. The fourth-order valence-electron chi connectivity index (χ4n) is 1.63. The summed E-state index contributed by atoms with van der Waals surface area (Å²) in [7, 11) is 0. The Morgan fingerprint density at radius 1 is 1.62 bits per heavy atom. The molecule has 0 aliphatic carbocycles. The van der Waals surface area contributed by atoms with Crippen LogP contribution in [0.25, 0.3) is 0 Å². The van der Waals surface area contributed by atoms with Gasteiger partial charge in [0.2, 0.25) is 0 Å². The van der Waals surface area contributed by atoms with Crippen LogP contribution in [0.15, 0.2) is 0 Å². The van der Waals surface area contributed by atoms with Gasteiger partial charge in [-0.25, -0.2) is 4.79 Å². The second kappa shape index (κ2) is 5.02. The highest BCUT2D eigenvalue weighted by Crippen LogP contribution is 2.22. The van der Waals surface area contributed by atoms with E-state index >= 15 is 0 Å². The number of carbonyl (C=O) groups excluding carboxylic acids is 1. The molecule has 88 valence electrons. The summed E-state index contributed by atoms with van der Waals surface area (Å²) in [5.41, 5.74) is 0. The lowest BCUT2D eigenvalue weighted by Gasteiger charge is -2.22. The monoisotopic (exact) mass is 226 g/mol. The summed E-state index contributed by atoms with van der Waals surface area (Å²) in [5, 5.41) is 10.9. The molecule has 0 amide bonds. The maximum Gasteiger partial charge on any atom is 0.378 e. The largest absolute Gasteiger partial charge is 0.460 e. The zero-order valence-electron chi connectivity index (χ0n) is 9.13. The van der Waals surface area contributed by atoms with Crippen LogP contribution in [-0.2, 0) is 9.47 Å². The second-order valence-electron chi connectivity index (χ2n) is 3.49. The quantitative estimate of drug-likeness (QED) is 0.700. The van der Waals surface area contributed by atoms with E-state index in [1.807, 2.05) is 0 Å². The van der Waals surface area contributed by atoms with E-state index in [0.717, 1.165) is 19.3 Å². The van der Waals surface area contributed by atoms with Crippen LogP contribution < -0.4 is 0 Å². The number of hydrogen-bond acceptors (Lipinski definition) is 6.